The van der Waals surface area contributed by atoms with Crippen LogP contribution >= 0.6 is 0 Å². The second-order valence-electron chi connectivity index (χ2n) is 8.32. The Morgan fingerprint density at radius 1 is 0.407 bits per heavy atom. The van der Waals surface area contributed by atoms with Gasteiger partial charge in [-0.15, -0.1) is 15.0 Å². The highest BCUT2D eigenvalue weighted by Crippen LogP contribution is 2.27. The van der Waals surface area contributed by atoms with Gasteiger partial charge in [-0.1, -0.05) is 19.3 Å². The summed E-state index contributed by atoms with van der Waals surface area (Å²) >= 11 is 0. The lowest BCUT2D eigenvalue weighted by molar-refractivity contribution is 0.107. The van der Waals surface area contributed by atoms with Crippen LogP contribution in [0.5, 0.6) is 18.0 Å². The van der Waals surface area contributed by atoms with Gasteiger partial charge in [0.05, 0.1) is 0 Å². The molecule has 0 N–H and O–H groups in total. The molecule has 0 atom stereocenters. The van der Waals surface area contributed by atoms with E-state index in [-0.39, 0.29) is 18.3 Å². The zero-order valence-electron chi connectivity index (χ0n) is 16.4. The largest absolute Gasteiger partial charge is 0.460 e. The molecule has 150 valence electrons. The molecule has 27 heavy (non-hydrogen) atoms. The molecule has 0 saturated heterocycles. The van der Waals surface area contributed by atoms with Crippen LogP contribution in [0.15, 0.2) is 0 Å². The predicted molar refractivity (Wildman–Crippen MR) is 102 cm³/mol. The van der Waals surface area contributed by atoms with Crippen LogP contribution in [-0.2, 0) is 0 Å². The Balaban J connectivity index is 1.47. The van der Waals surface area contributed by atoms with E-state index in [0.29, 0.717) is 18.0 Å². The maximum absolute atomic E-state index is 6.09. The summed E-state index contributed by atoms with van der Waals surface area (Å²) in [4.78, 5) is 13.4. The van der Waals surface area contributed by atoms with E-state index in [9.17, 15) is 0 Å². The van der Waals surface area contributed by atoms with Gasteiger partial charge in [0.1, 0.15) is 18.3 Å². The number of rotatable bonds is 6. The molecule has 0 bridgehead atoms. The van der Waals surface area contributed by atoms with Gasteiger partial charge in [0, 0.05) is 0 Å². The third kappa shape index (κ3) is 5.69. The smallest absolute Gasteiger partial charge is 0.326 e. The van der Waals surface area contributed by atoms with Gasteiger partial charge < -0.3 is 14.2 Å². The van der Waals surface area contributed by atoms with Gasteiger partial charge in [-0.05, 0) is 77.0 Å². The quantitative estimate of drug-likeness (QED) is 0.696. The second-order valence-corrected chi connectivity index (χ2v) is 8.32. The molecule has 6 nitrogen and oxygen atoms in total. The van der Waals surface area contributed by atoms with Gasteiger partial charge in [-0.25, -0.2) is 0 Å². The van der Waals surface area contributed by atoms with Crippen molar-refractivity contribution >= 4 is 0 Å². The summed E-state index contributed by atoms with van der Waals surface area (Å²) < 4.78 is 18.3. The maximum atomic E-state index is 6.09. The van der Waals surface area contributed by atoms with Gasteiger partial charge in [-0.3, -0.25) is 0 Å². The number of hydrogen-bond donors (Lipinski definition) is 0. The van der Waals surface area contributed by atoms with Crippen LogP contribution in [0.1, 0.15) is 96.3 Å². The molecule has 3 aliphatic carbocycles. The Hall–Kier alpha value is -1.59. The molecule has 0 spiro atoms. The highest BCUT2D eigenvalue weighted by Gasteiger charge is 2.23. The average Bonchev–Trinajstić information content (AvgIpc) is 2.70. The van der Waals surface area contributed by atoms with Crippen molar-refractivity contribution in [3.8, 4) is 18.0 Å². The van der Waals surface area contributed by atoms with E-state index >= 15 is 0 Å². The number of ether oxygens (including phenoxy) is 3. The van der Waals surface area contributed by atoms with Crippen LogP contribution in [-0.4, -0.2) is 33.3 Å². The van der Waals surface area contributed by atoms with Gasteiger partial charge in [0.2, 0.25) is 0 Å². The Labute approximate surface area is 162 Å². The first kappa shape index (κ1) is 18.8. The third-order valence-electron chi connectivity index (χ3n) is 6.05. The van der Waals surface area contributed by atoms with Crippen molar-refractivity contribution in [1.29, 1.82) is 0 Å². The lowest BCUT2D eigenvalue weighted by Gasteiger charge is -2.25. The summed E-state index contributed by atoms with van der Waals surface area (Å²) in [6.07, 6.45) is 18.2. The lowest BCUT2D eigenvalue weighted by Crippen LogP contribution is -2.25. The monoisotopic (exact) mass is 375 g/mol. The van der Waals surface area contributed by atoms with Crippen LogP contribution in [0.2, 0.25) is 0 Å². The fourth-order valence-corrected chi connectivity index (χ4v) is 4.47. The number of hydrogen-bond acceptors (Lipinski definition) is 6. The molecule has 1 heterocycles. The zero-order valence-corrected chi connectivity index (χ0v) is 16.4. The van der Waals surface area contributed by atoms with Crippen LogP contribution < -0.4 is 14.2 Å². The van der Waals surface area contributed by atoms with Crippen molar-refractivity contribution in [2.75, 3.05) is 0 Å². The average molecular weight is 376 g/mol. The Kier molecular flexibility index (Phi) is 6.64. The molecule has 0 aromatic carbocycles. The maximum Gasteiger partial charge on any atom is 0.326 e. The molecule has 0 aliphatic heterocycles. The Bertz CT molecular complexity index is 487. The molecule has 4 rings (SSSR count). The summed E-state index contributed by atoms with van der Waals surface area (Å²) in [7, 11) is 0. The highest BCUT2D eigenvalue weighted by molar-refractivity contribution is 5.10. The molecule has 3 fully saturated rings. The minimum absolute atomic E-state index is 0.200. The zero-order chi connectivity index (χ0) is 18.3. The van der Waals surface area contributed by atoms with Crippen molar-refractivity contribution in [3.63, 3.8) is 0 Å². The first-order valence-electron chi connectivity index (χ1n) is 11.1. The predicted octanol–water partition coefficient (Wildman–Crippen LogP) is 5.01. The van der Waals surface area contributed by atoms with Crippen LogP contribution in [0.25, 0.3) is 0 Å². The summed E-state index contributed by atoms with van der Waals surface area (Å²) in [5, 5.41) is 0. The Morgan fingerprint density at radius 3 is 0.926 bits per heavy atom. The van der Waals surface area contributed by atoms with E-state index in [0.717, 1.165) is 38.5 Å². The molecule has 3 aliphatic rings. The molecule has 6 heteroatoms. The van der Waals surface area contributed by atoms with Crippen LogP contribution in [0.4, 0.5) is 0 Å². The standard InChI is InChI=1S/C21H33N3O3/c1-4-10-16(11-5-1)25-19-22-20(26-17-12-6-2-7-13-17)24-21(23-19)27-18-14-8-3-9-15-18/h16-18H,1-15H2. The summed E-state index contributed by atoms with van der Waals surface area (Å²) in [5.74, 6) is 0. The molecule has 0 unspecified atom stereocenters. The van der Waals surface area contributed by atoms with E-state index < -0.39 is 0 Å². The van der Waals surface area contributed by atoms with E-state index in [1.807, 2.05) is 0 Å². The van der Waals surface area contributed by atoms with Crippen LogP contribution in [0, 0.1) is 0 Å². The minimum atomic E-state index is 0.200. The minimum Gasteiger partial charge on any atom is -0.460 e. The molecular formula is C21H33N3O3. The molecule has 0 amide bonds. The van der Waals surface area contributed by atoms with E-state index in [4.69, 9.17) is 14.2 Å². The second kappa shape index (κ2) is 9.56. The van der Waals surface area contributed by atoms with Crippen molar-refractivity contribution < 1.29 is 14.2 Å². The molecule has 0 radical (unpaired) electrons. The molecule has 3 saturated carbocycles. The van der Waals surface area contributed by atoms with Crippen molar-refractivity contribution in [2.45, 2.75) is 115 Å². The van der Waals surface area contributed by atoms with Gasteiger partial charge in [0.25, 0.3) is 0 Å². The van der Waals surface area contributed by atoms with Gasteiger partial charge >= 0.3 is 18.0 Å². The first-order valence-corrected chi connectivity index (χ1v) is 11.1. The van der Waals surface area contributed by atoms with E-state index in [1.54, 1.807) is 0 Å². The summed E-state index contributed by atoms with van der Waals surface area (Å²) in [5.41, 5.74) is 0. The van der Waals surface area contributed by atoms with E-state index in [1.165, 1.54) is 57.8 Å². The molecular weight excluding hydrogens is 342 g/mol. The van der Waals surface area contributed by atoms with E-state index in [2.05, 4.69) is 15.0 Å². The third-order valence-corrected chi connectivity index (χ3v) is 6.05. The number of aromatic nitrogens is 3. The SMILES string of the molecule is C1CCC(Oc2nc(OC3CCCCC3)nc(OC3CCCCC3)n2)CC1. The normalized spacial score (nSPS) is 23.1. The Morgan fingerprint density at radius 2 is 0.667 bits per heavy atom. The van der Waals surface area contributed by atoms with Gasteiger partial charge in [-0.2, -0.15) is 0 Å². The first-order chi connectivity index (χ1) is 13.3. The van der Waals surface area contributed by atoms with Gasteiger partial charge in [0.15, 0.2) is 0 Å². The highest BCUT2D eigenvalue weighted by atomic mass is 16.5. The fraction of sp³-hybridized carbons (Fsp3) is 0.857. The topological polar surface area (TPSA) is 66.4 Å². The van der Waals surface area contributed by atoms with Crippen molar-refractivity contribution in [2.24, 2.45) is 0 Å². The van der Waals surface area contributed by atoms with Crippen molar-refractivity contribution in [3.05, 3.63) is 0 Å². The molecule has 1 aromatic heterocycles. The van der Waals surface area contributed by atoms with Crippen LogP contribution in [0.3, 0.4) is 0 Å². The summed E-state index contributed by atoms with van der Waals surface area (Å²) in [6.45, 7) is 0. The van der Waals surface area contributed by atoms with Crippen molar-refractivity contribution in [1.82, 2.24) is 15.0 Å². The fourth-order valence-electron chi connectivity index (χ4n) is 4.47. The molecule has 1 aromatic rings. The lowest BCUT2D eigenvalue weighted by atomic mass is 9.98. The number of nitrogens with zero attached hydrogens (tertiary/aromatic N) is 3. The summed E-state index contributed by atoms with van der Waals surface area (Å²) in [6, 6.07) is 1.11.